The molecule has 2 rings (SSSR count). The van der Waals surface area contributed by atoms with Crippen LogP contribution in [0.5, 0.6) is 0 Å². The number of ketones is 1. The number of carbonyl (C=O) groups excluding carboxylic acids is 1. The maximum Gasteiger partial charge on any atom is 0.142 e. The number of aromatic nitrogens is 1. The molecule has 1 aliphatic carbocycles. The van der Waals surface area contributed by atoms with E-state index in [9.17, 15) is 4.79 Å². The first-order chi connectivity index (χ1) is 7.83. The van der Waals surface area contributed by atoms with Crippen molar-refractivity contribution in [3.63, 3.8) is 0 Å². The number of rotatable bonds is 4. The molecule has 0 radical (unpaired) electrons. The molecule has 86 valence electrons. The smallest absolute Gasteiger partial charge is 0.142 e. The van der Waals surface area contributed by atoms with E-state index in [-0.39, 0.29) is 5.92 Å². The molecule has 0 aromatic carbocycles. The highest BCUT2D eigenvalue weighted by atomic mass is 32.2. The molecule has 0 N–H and O–H groups in total. The van der Waals surface area contributed by atoms with Gasteiger partial charge in [-0.15, -0.1) is 0 Å². The van der Waals surface area contributed by atoms with Crippen LogP contribution in [-0.4, -0.2) is 22.8 Å². The lowest BCUT2D eigenvalue weighted by Gasteiger charge is -2.22. The molecule has 0 saturated carbocycles. The number of Topliss-reactive ketones (excluding diaryl/α,β-unsaturated/α-hetero) is 1. The molecule has 1 aromatic heterocycles. The molecule has 0 amide bonds. The molecule has 0 fully saturated rings. The first-order valence-electron chi connectivity index (χ1n) is 5.78. The zero-order valence-electron chi connectivity index (χ0n) is 9.61. The lowest BCUT2D eigenvalue weighted by molar-refractivity contribution is -0.120. The number of fused-ring (bicyclic) bond motifs is 1. The van der Waals surface area contributed by atoms with Gasteiger partial charge in [-0.3, -0.25) is 9.78 Å². The Morgan fingerprint density at radius 3 is 3.31 bits per heavy atom. The van der Waals surface area contributed by atoms with Gasteiger partial charge in [-0.05, 0) is 42.9 Å². The highest BCUT2D eigenvalue weighted by Gasteiger charge is 2.26. The van der Waals surface area contributed by atoms with Gasteiger partial charge in [-0.1, -0.05) is 6.07 Å². The quantitative estimate of drug-likeness (QED) is 0.804. The Bertz CT molecular complexity index is 378. The second-order valence-electron chi connectivity index (χ2n) is 4.20. The molecular weight excluding hydrogens is 218 g/mol. The van der Waals surface area contributed by atoms with Crippen molar-refractivity contribution >= 4 is 17.5 Å². The Kier molecular flexibility index (Phi) is 3.99. The van der Waals surface area contributed by atoms with Crippen LogP contribution in [0.3, 0.4) is 0 Å². The number of pyridine rings is 1. The Labute approximate surface area is 101 Å². The molecule has 3 heteroatoms. The summed E-state index contributed by atoms with van der Waals surface area (Å²) >= 11 is 1.73. The SMILES string of the molecule is CSCCC(=O)C1CCCc2cccnc21. The normalized spacial score (nSPS) is 19.2. The number of hydrogen-bond donors (Lipinski definition) is 0. The van der Waals surface area contributed by atoms with Gasteiger partial charge in [0.25, 0.3) is 0 Å². The maximum absolute atomic E-state index is 12.1. The molecule has 0 bridgehead atoms. The van der Waals surface area contributed by atoms with Gasteiger partial charge < -0.3 is 0 Å². The minimum absolute atomic E-state index is 0.0668. The minimum atomic E-state index is 0.0668. The van der Waals surface area contributed by atoms with Gasteiger partial charge in [-0.25, -0.2) is 0 Å². The number of thioether (sulfide) groups is 1. The van der Waals surface area contributed by atoms with Gasteiger partial charge in [0.2, 0.25) is 0 Å². The second-order valence-corrected chi connectivity index (χ2v) is 5.19. The van der Waals surface area contributed by atoms with Crippen LogP contribution >= 0.6 is 11.8 Å². The van der Waals surface area contributed by atoms with E-state index in [0.717, 1.165) is 30.7 Å². The molecule has 16 heavy (non-hydrogen) atoms. The molecule has 1 atom stereocenters. The monoisotopic (exact) mass is 235 g/mol. The third-order valence-corrected chi connectivity index (χ3v) is 3.75. The van der Waals surface area contributed by atoms with E-state index in [0.29, 0.717) is 12.2 Å². The summed E-state index contributed by atoms with van der Waals surface area (Å²) in [6, 6.07) is 4.07. The van der Waals surface area contributed by atoms with E-state index < -0.39 is 0 Å². The first-order valence-corrected chi connectivity index (χ1v) is 7.17. The van der Waals surface area contributed by atoms with E-state index in [1.54, 1.807) is 18.0 Å². The van der Waals surface area contributed by atoms with Crippen LogP contribution in [0.2, 0.25) is 0 Å². The van der Waals surface area contributed by atoms with E-state index in [1.807, 2.05) is 12.3 Å². The van der Waals surface area contributed by atoms with Crippen molar-refractivity contribution in [2.75, 3.05) is 12.0 Å². The number of hydrogen-bond acceptors (Lipinski definition) is 3. The van der Waals surface area contributed by atoms with Crippen molar-refractivity contribution in [1.82, 2.24) is 4.98 Å². The molecular formula is C13H17NOS. The topological polar surface area (TPSA) is 30.0 Å². The summed E-state index contributed by atoms with van der Waals surface area (Å²) in [6.07, 6.45) is 7.71. The highest BCUT2D eigenvalue weighted by Crippen LogP contribution is 2.31. The zero-order chi connectivity index (χ0) is 11.4. The van der Waals surface area contributed by atoms with Gasteiger partial charge in [-0.2, -0.15) is 11.8 Å². The van der Waals surface area contributed by atoms with Crippen LogP contribution in [0.25, 0.3) is 0 Å². The minimum Gasteiger partial charge on any atom is -0.299 e. The van der Waals surface area contributed by atoms with Gasteiger partial charge in [0, 0.05) is 12.6 Å². The lowest BCUT2D eigenvalue weighted by Crippen LogP contribution is -2.20. The lowest BCUT2D eigenvalue weighted by atomic mass is 9.83. The summed E-state index contributed by atoms with van der Waals surface area (Å²) in [6.45, 7) is 0. The Morgan fingerprint density at radius 1 is 1.62 bits per heavy atom. The van der Waals surface area contributed by atoms with Gasteiger partial charge in [0.15, 0.2) is 0 Å². The standard InChI is InChI=1S/C13H17NOS/c1-16-9-7-12(15)11-6-2-4-10-5-3-8-14-13(10)11/h3,5,8,11H,2,4,6-7,9H2,1H3. The summed E-state index contributed by atoms with van der Waals surface area (Å²) in [7, 11) is 0. The van der Waals surface area contributed by atoms with Crippen molar-refractivity contribution in [3.8, 4) is 0 Å². The summed E-state index contributed by atoms with van der Waals surface area (Å²) in [5.74, 6) is 1.36. The molecule has 0 spiro atoms. The summed E-state index contributed by atoms with van der Waals surface area (Å²) in [5, 5.41) is 0. The van der Waals surface area contributed by atoms with E-state index in [2.05, 4.69) is 11.1 Å². The number of nitrogens with zero attached hydrogens (tertiary/aromatic N) is 1. The fourth-order valence-corrected chi connectivity index (χ4v) is 2.71. The van der Waals surface area contributed by atoms with E-state index in [1.165, 1.54) is 5.56 Å². The molecule has 0 aliphatic heterocycles. The average Bonchev–Trinajstić information content (AvgIpc) is 2.35. The fourth-order valence-electron chi connectivity index (χ4n) is 2.30. The van der Waals surface area contributed by atoms with Crippen molar-refractivity contribution in [3.05, 3.63) is 29.6 Å². The van der Waals surface area contributed by atoms with Crippen molar-refractivity contribution in [2.45, 2.75) is 31.6 Å². The maximum atomic E-state index is 12.1. The zero-order valence-corrected chi connectivity index (χ0v) is 10.4. The molecule has 0 saturated heterocycles. The first kappa shape index (κ1) is 11.6. The molecule has 2 nitrogen and oxygen atoms in total. The predicted molar refractivity (Wildman–Crippen MR) is 67.9 cm³/mol. The molecule has 1 unspecified atom stereocenters. The summed E-state index contributed by atoms with van der Waals surface area (Å²) in [4.78, 5) is 16.5. The second kappa shape index (κ2) is 5.48. The van der Waals surface area contributed by atoms with Crippen molar-refractivity contribution in [1.29, 1.82) is 0 Å². The fraction of sp³-hybridized carbons (Fsp3) is 0.538. The third kappa shape index (κ3) is 2.46. The van der Waals surface area contributed by atoms with Gasteiger partial charge >= 0.3 is 0 Å². The van der Waals surface area contributed by atoms with Crippen LogP contribution in [0.4, 0.5) is 0 Å². The summed E-state index contributed by atoms with van der Waals surface area (Å²) < 4.78 is 0. The molecule has 1 aliphatic rings. The third-order valence-electron chi connectivity index (χ3n) is 3.14. The van der Waals surface area contributed by atoms with E-state index >= 15 is 0 Å². The summed E-state index contributed by atoms with van der Waals surface area (Å²) in [5.41, 5.74) is 2.32. The van der Waals surface area contributed by atoms with Crippen LogP contribution in [0.1, 0.15) is 36.4 Å². The predicted octanol–water partition coefficient (Wildman–Crippen LogP) is 2.82. The highest BCUT2D eigenvalue weighted by molar-refractivity contribution is 7.98. The Balaban J connectivity index is 2.15. The van der Waals surface area contributed by atoms with Gasteiger partial charge in [0.1, 0.15) is 5.78 Å². The Hall–Kier alpha value is -0.830. The number of aryl methyl sites for hydroxylation is 1. The number of carbonyl (C=O) groups is 1. The Morgan fingerprint density at radius 2 is 2.50 bits per heavy atom. The molecule has 1 heterocycles. The van der Waals surface area contributed by atoms with Crippen molar-refractivity contribution in [2.24, 2.45) is 0 Å². The van der Waals surface area contributed by atoms with Gasteiger partial charge in [0.05, 0.1) is 11.6 Å². The average molecular weight is 235 g/mol. The van der Waals surface area contributed by atoms with Crippen LogP contribution in [0, 0.1) is 0 Å². The van der Waals surface area contributed by atoms with Crippen LogP contribution in [0.15, 0.2) is 18.3 Å². The van der Waals surface area contributed by atoms with Crippen LogP contribution in [-0.2, 0) is 11.2 Å². The van der Waals surface area contributed by atoms with Crippen molar-refractivity contribution < 1.29 is 4.79 Å². The largest absolute Gasteiger partial charge is 0.299 e. The van der Waals surface area contributed by atoms with Crippen LogP contribution < -0.4 is 0 Å². The molecule has 1 aromatic rings. The van der Waals surface area contributed by atoms with E-state index in [4.69, 9.17) is 0 Å².